The summed E-state index contributed by atoms with van der Waals surface area (Å²) >= 11 is 9.13. The van der Waals surface area contributed by atoms with Crippen molar-refractivity contribution in [3.05, 3.63) is 96.8 Å². The molecule has 0 amide bonds. The number of hydrogen-bond donors (Lipinski definition) is 1. The van der Waals surface area contributed by atoms with Gasteiger partial charge in [0.05, 0.1) is 12.1 Å². The molecule has 0 fully saturated rings. The van der Waals surface area contributed by atoms with Gasteiger partial charge in [-0.15, -0.1) is 0 Å². The Morgan fingerprint density at radius 1 is 1.19 bits per heavy atom. The Morgan fingerprint density at radius 3 is 2.56 bits per heavy atom. The first-order valence-corrected chi connectivity index (χ1v) is 8.98. The van der Waals surface area contributed by atoms with Crippen molar-refractivity contribution in [2.24, 2.45) is 0 Å². The van der Waals surface area contributed by atoms with Crippen LogP contribution in [-0.4, -0.2) is 15.5 Å². The molecule has 0 saturated carbocycles. The Hall–Kier alpha value is -2.88. The maximum absolute atomic E-state index is 12.8. The van der Waals surface area contributed by atoms with E-state index >= 15 is 0 Å². The number of carbonyl (C=O) groups is 1. The molecule has 0 bridgehead atoms. The van der Waals surface area contributed by atoms with E-state index in [4.69, 9.17) is 11.6 Å². The molecule has 134 valence electrons. The minimum absolute atomic E-state index is 0.0740. The summed E-state index contributed by atoms with van der Waals surface area (Å²) in [5.74, 6) is -0.674. The fourth-order valence-electron chi connectivity index (χ4n) is 2.59. The number of aromatic nitrogens is 1. The lowest BCUT2D eigenvalue weighted by atomic mass is 10.0. The van der Waals surface area contributed by atoms with Crippen LogP contribution >= 0.6 is 27.5 Å². The first kappa shape index (κ1) is 18.9. The number of nitriles is 1. The van der Waals surface area contributed by atoms with Crippen molar-refractivity contribution in [1.82, 2.24) is 4.57 Å². The zero-order valence-electron chi connectivity index (χ0n) is 13.8. The van der Waals surface area contributed by atoms with Crippen LogP contribution in [0.1, 0.15) is 27.0 Å². The minimum atomic E-state index is -0.498. The monoisotopic (exact) mass is 442 g/mol. The van der Waals surface area contributed by atoms with Crippen LogP contribution in [0, 0.1) is 11.3 Å². The summed E-state index contributed by atoms with van der Waals surface area (Å²) in [7, 11) is 0. The number of carbonyl (C=O) groups excluding carboxylic acids is 1. The third-order valence-corrected chi connectivity index (χ3v) is 4.68. The summed E-state index contributed by atoms with van der Waals surface area (Å²) in [5, 5.41) is 19.8. The topological polar surface area (TPSA) is 83.1 Å². The van der Waals surface area contributed by atoms with E-state index in [1.165, 1.54) is 29.0 Å². The smallest absolute Gasteiger partial charge is 0.268 e. The van der Waals surface area contributed by atoms with E-state index in [-0.39, 0.29) is 29.0 Å². The van der Waals surface area contributed by atoms with E-state index in [0.717, 1.165) is 5.56 Å². The van der Waals surface area contributed by atoms with E-state index < -0.39 is 11.3 Å². The maximum atomic E-state index is 12.8. The number of pyridine rings is 1. The predicted octanol–water partition coefficient (Wildman–Crippen LogP) is 4.12. The first-order chi connectivity index (χ1) is 12.9. The van der Waals surface area contributed by atoms with Crippen LogP contribution < -0.4 is 5.56 Å². The van der Waals surface area contributed by atoms with Crippen LogP contribution in [0.3, 0.4) is 0 Å². The van der Waals surface area contributed by atoms with Gasteiger partial charge in [-0.3, -0.25) is 9.59 Å². The number of benzene rings is 2. The Bertz CT molecular complexity index is 1130. The van der Waals surface area contributed by atoms with E-state index in [2.05, 4.69) is 15.9 Å². The average molecular weight is 444 g/mol. The molecular formula is C20H12BrClN2O3. The van der Waals surface area contributed by atoms with Crippen LogP contribution in [0.2, 0.25) is 5.02 Å². The number of rotatable bonds is 4. The van der Waals surface area contributed by atoms with Crippen molar-refractivity contribution in [2.75, 3.05) is 0 Å². The number of phenols is 1. The molecule has 3 aromatic rings. The Morgan fingerprint density at radius 2 is 1.89 bits per heavy atom. The number of nitrogens with zero attached hydrogens (tertiary/aromatic N) is 2. The highest BCUT2D eigenvalue weighted by molar-refractivity contribution is 9.10. The average Bonchev–Trinajstić information content (AvgIpc) is 2.66. The Labute approximate surface area is 168 Å². The van der Waals surface area contributed by atoms with Crippen molar-refractivity contribution in [3.8, 4) is 11.8 Å². The molecule has 1 heterocycles. The summed E-state index contributed by atoms with van der Waals surface area (Å²) < 4.78 is 1.92. The third-order valence-electron chi connectivity index (χ3n) is 3.94. The summed E-state index contributed by atoms with van der Waals surface area (Å²) in [6.07, 6.45) is 1.39. The normalized spacial score (nSPS) is 10.4. The quantitative estimate of drug-likeness (QED) is 0.615. The van der Waals surface area contributed by atoms with E-state index in [9.17, 15) is 20.0 Å². The molecule has 1 N–H and O–H groups in total. The number of ketones is 1. The zero-order chi connectivity index (χ0) is 19.6. The van der Waals surface area contributed by atoms with Crippen LogP contribution in [0.15, 0.2) is 64.0 Å². The van der Waals surface area contributed by atoms with Crippen molar-refractivity contribution in [3.63, 3.8) is 0 Å². The highest BCUT2D eigenvalue weighted by Gasteiger charge is 2.17. The maximum Gasteiger partial charge on any atom is 0.268 e. The fraction of sp³-hybridized carbons (Fsp3) is 0.0500. The van der Waals surface area contributed by atoms with Crippen LogP contribution in [0.25, 0.3) is 0 Å². The number of aromatic hydroxyl groups is 1. The van der Waals surface area contributed by atoms with Gasteiger partial charge in [0, 0.05) is 21.3 Å². The number of halogens is 2. The molecular weight excluding hydrogens is 432 g/mol. The van der Waals surface area contributed by atoms with E-state index in [1.54, 1.807) is 30.3 Å². The van der Waals surface area contributed by atoms with Crippen LogP contribution in [0.4, 0.5) is 0 Å². The fourth-order valence-corrected chi connectivity index (χ4v) is 3.08. The second kappa shape index (κ2) is 7.78. The van der Waals surface area contributed by atoms with Crippen LogP contribution in [-0.2, 0) is 6.54 Å². The highest BCUT2D eigenvalue weighted by Crippen LogP contribution is 2.24. The van der Waals surface area contributed by atoms with Gasteiger partial charge in [-0.2, -0.15) is 5.26 Å². The second-order valence-corrected chi connectivity index (χ2v) is 7.16. The standard InChI is InChI=1S/C20H12BrClN2O3/c21-15-3-6-18(25)17(8-15)19(26)14-7-13(9-23)20(27)24(11-14)10-12-1-4-16(22)5-2-12/h1-8,11,25H,10H2. The van der Waals surface area contributed by atoms with Crippen molar-refractivity contribution in [2.45, 2.75) is 6.54 Å². The van der Waals surface area contributed by atoms with Gasteiger partial charge in [-0.25, -0.2) is 0 Å². The summed E-state index contributed by atoms with van der Waals surface area (Å²) in [5.41, 5.74) is 0.352. The summed E-state index contributed by atoms with van der Waals surface area (Å²) in [4.78, 5) is 25.3. The first-order valence-electron chi connectivity index (χ1n) is 7.81. The van der Waals surface area contributed by atoms with Gasteiger partial charge in [0.25, 0.3) is 5.56 Å². The SMILES string of the molecule is N#Cc1cc(C(=O)c2cc(Br)ccc2O)cn(Cc2ccc(Cl)cc2)c1=O. The molecule has 1 aromatic heterocycles. The highest BCUT2D eigenvalue weighted by atomic mass is 79.9. The molecule has 0 saturated heterocycles. The molecule has 0 aliphatic carbocycles. The molecule has 0 spiro atoms. The van der Waals surface area contributed by atoms with Gasteiger partial charge in [-0.05, 0) is 42.0 Å². The minimum Gasteiger partial charge on any atom is -0.507 e. The van der Waals surface area contributed by atoms with Gasteiger partial charge in [0.1, 0.15) is 17.4 Å². The Balaban J connectivity index is 2.07. The molecule has 5 nitrogen and oxygen atoms in total. The number of phenolic OH excluding ortho intramolecular Hbond substituents is 1. The molecule has 0 unspecified atom stereocenters. The lowest BCUT2D eigenvalue weighted by molar-refractivity contribution is 0.103. The predicted molar refractivity (Wildman–Crippen MR) is 105 cm³/mol. The van der Waals surface area contributed by atoms with Gasteiger partial charge >= 0.3 is 0 Å². The van der Waals surface area contributed by atoms with Gasteiger partial charge in [0.2, 0.25) is 0 Å². The molecule has 0 aliphatic rings. The van der Waals surface area contributed by atoms with E-state index in [1.807, 2.05) is 6.07 Å². The second-order valence-electron chi connectivity index (χ2n) is 5.80. The van der Waals surface area contributed by atoms with Crippen molar-refractivity contribution < 1.29 is 9.90 Å². The molecule has 0 aliphatic heterocycles. The van der Waals surface area contributed by atoms with Crippen LogP contribution in [0.5, 0.6) is 5.75 Å². The lowest BCUT2D eigenvalue weighted by Gasteiger charge is -2.10. The summed E-state index contributed by atoms with van der Waals surface area (Å²) in [6, 6.07) is 14.5. The van der Waals surface area contributed by atoms with Crippen molar-refractivity contribution in [1.29, 1.82) is 5.26 Å². The molecule has 0 radical (unpaired) electrons. The van der Waals surface area contributed by atoms with Gasteiger partial charge in [-0.1, -0.05) is 39.7 Å². The molecule has 2 aromatic carbocycles. The Kier molecular flexibility index (Phi) is 5.45. The zero-order valence-corrected chi connectivity index (χ0v) is 16.2. The third kappa shape index (κ3) is 4.11. The molecule has 7 heteroatoms. The van der Waals surface area contributed by atoms with E-state index in [0.29, 0.717) is 9.50 Å². The molecule has 27 heavy (non-hydrogen) atoms. The molecule has 3 rings (SSSR count). The van der Waals surface area contributed by atoms with Gasteiger partial charge < -0.3 is 9.67 Å². The molecule has 0 atom stereocenters. The summed E-state index contributed by atoms with van der Waals surface area (Å²) in [6.45, 7) is 0.177. The number of hydrogen-bond acceptors (Lipinski definition) is 4. The van der Waals surface area contributed by atoms with Crippen molar-refractivity contribution >= 4 is 33.3 Å². The lowest BCUT2D eigenvalue weighted by Crippen LogP contribution is -2.24. The van der Waals surface area contributed by atoms with Gasteiger partial charge in [0.15, 0.2) is 5.78 Å². The largest absolute Gasteiger partial charge is 0.507 e.